The monoisotopic (exact) mass is 360 g/mol. The van der Waals surface area contributed by atoms with Crippen LogP contribution in [-0.2, 0) is 4.74 Å². The summed E-state index contributed by atoms with van der Waals surface area (Å²) in [5.74, 6) is 0. The van der Waals surface area contributed by atoms with Crippen LogP contribution >= 0.6 is 27.5 Å². The van der Waals surface area contributed by atoms with E-state index < -0.39 is 0 Å². The van der Waals surface area contributed by atoms with Gasteiger partial charge >= 0.3 is 0 Å². The van der Waals surface area contributed by atoms with E-state index >= 15 is 0 Å². The highest BCUT2D eigenvalue weighted by Crippen LogP contribution is 2.34. The Kier molecular flexibility index (Phi) is 6.30. The lowest BCUT2D eigenvalue weighted by Crippen LogP contribution is -2.47. The molecule has 1 saturated heterocycles. The van der Waals surface area contributed by atoms with Gasteiger partial charge in [0.15, 0.2) is 0 Å². The summed E-state index contributed by atoms with van der Waals surface area (Å²) in [5.41, 5.74) is 1.20. The number of ether oxygens (including phenoxy) is 1. The van der Waals surface area contributed by atoms with Gasteiger partial charge in [0.1, 0.15) is 0 Å². The Balaban J connectivity index is 2.20. The Hall–Kier alpha value is -0.130. The maximum Gasteiger partial charge on any atom is 0.0896 e. The lowest BCUT2D eigenvalue weighted by atomic mass is 9.98. The average Bonchev–Trinajstić information content (AvgIpc) is 2.42. The van der Waals surface area contributed by atoms with Crippen molar-refractivity contribution in [2.45, 2.75) is 25.5 Å². The highest BCUT2D eigenvalue weighted by molar-refractivity contribution is 9.10. The highest BCUT2D eigenvalue weighted by Gasteiger charge is 2.32. The van der Waals surface area contributed by atoms with Crippen LogP contribution in [0.5, 0.6) is 0 Å². The van der Waals surface area contributed by atoms with Crippen LogP contribution in [0, 0.1) is 0 Å². The lowest BCUT2D eigenvalue weighted by Gasteiger charge is -2.40. The van der Waals surface area contributed by atoms with E-state index in [1.807, 2.05) is 18.2 Å². The molecule has 112 valence electrons. The first kappa shape index (κ1) is 16.2. The predicted octanol–water partition coefficient (Wildman–Crippen LogP) is 3.47. The number of nitrogens with one attached hydrogen (secondary N) is 1. The number of likely N-dealkylation sites (N-methyl/N-ethyl adjacent to an activating group) is 1. The van der Waals surface area contributed by atoms with Crippen LogP contribution < -0.4 is 5.32 Å². The SMILES string of the molecule is CCCNCC1OCCN(C)C1c1cc(Cl)ccc1Br. The Labute approximate surface area is 134 Å². The molecule has 0 saturated carbocycles. The minimum atomic E-state index is 0.148. The van der Waals surface area contributed by atoms with Crippen LogP contribution in [0.4, 0.5) is 0 Å². The van der Waals surface area contributed by atoms with Gasteiger partial charge in [-0.3, -0.25) is 4.90 Å². The van der Waals surface area contributed by atoms with Gasteiger partial charge in [0.05, 0.1) is 18.8 Å². The zero-order chi connectivity index (χ0) is 14.5. The van der Waals surface area contributed by atoms with Gasteiger partial charge < -0.3 is 10.1 Å². The molecule has 3 nitrogen and oxygen atoms in total. The summed E-state index contributed by atoms with van der Waals surface area (Å²) in [6.45, 7) is 5.78. The van der Waals surface area contributed by atoms with Gasteiger partial charge in [0.25, 0.3) is 0 Å². The Morgan fingerprint density at radius 2 is 2.30 bits per heavy atom. The van der Waals surface area contributed by atoms with Crippen molar-refractivity contribution in [2.24, 2.45) is 0 Å². The van der Waals surface area contributed by atoms with Crippen molar-refractivity contribution in [2.75, 3.05) is 33.3 Å². The third-order valence-electron chi connectivity index (χ3n) is 3.65. The van der Waals surface area contributed by atoms with E-state index in [9.17, 15) is 0 Å². The molecule has 1 heterocycles. The van der Waals surface area contributed by atoms with E-state index in [0.717, 1.165) is 42.2 Å². The molecule has 1 N–H and O–H groups in total. The van der Waals surface area contributed by atoms with Crippen LogP contribution in [0.15, 0.2) is 22.7 Å². The van der Waals surface area contributed by atoms with Crippen LogP contribution in [-0.4, -0.2) is 44.3 Å². The normalized spacial score (nSPS) is 24.0. The number of hydrogen-bond donors (Lipinski definition) is 1. The molecule has 2 atom stereocenters. The maximum absolute atomic E-state index is 6.16. The molecule has 0 aliphatic carbocycles. The first-order valence-electron chi connectivity index (χ1n) is 7.11. The molecule has 1 aromatic rings. The second-order valence-corrected chi connectivity index (χ2v) is 6.50. The lowest BCUT2D eigenvalue weighted by molar-refractivity contribution is -0.0614. The molecule has 0 amide bonds. The topological polar surface area (TPSA) is 24.5 Å². The van der Waals surface area contributed by atoms with Crippen molar-refractivity contribution < 1.29 is 4.74 Å². The fourth-order valence-corrected chi connectivity index (χ4v) is 3.29. The van der Waals surface area contributed by atoms with Crippen LogP contribution in [0.3, 0.4) is 0 Å². The molecule has 1 aromatic carbocycles. The summed E-state index contributed by atoms with van der Waals surface area (Å²) in [6.07, 6.45) is 1.28. The van der Waals surface area contributed by atoms with Gasteiger partial charge in [-0.05, 0) is 43.8 Å². The molecular formula is C15H22BrClN2O. The van der Waals surface area contributed by atoms with E-state index in [-0.39, 0.29) is 12.1 Å². The fourth-order valence-electron chi connectivity index (χ4n) is 2.63. The third kappa shape index (κ3) is 3.95. The minimum Gasteiger partial charge on any atom is -0.374 e. The standard InChI is InChI=1S/C15H22BrClN2O/c1-3-6-18-10-14-15(19(2)7-8-20-14)12-9-11(17)4-5-13(12)16/h4-5,9,14-15,18H,3,6-8,10H2,1-2H3. The summed E-state index contributed by atoms with van der Waals surface area (Å²) >= 11 is 9.80. The Bertz CT molecular complexity index is 444. The molecule has 1 aliphatic heterocycles. The average molecular weight is 362 g/mol. The fraction of sp³-hybridized carbons (Fsp3) is 0.600. The zero-order valence-electron chi connectivity index (χ0n) is 12.0. The van der Waals surface area contributed by atoms with E-state index in [0.29, 0.717) is 0 Å². The van der Waals surface area contributed by atoms with Crippen molar-refractivity contribution in [1.29, 1.82) is 0 Å². The highest BCUT2D eigenvalue weighted by atomic mass is 79.9. The molecule has 0 bridgehead atoms. The molecule has 0 aromatic heterocycles. The summed E-state index contributed by atoms with van der Waals surface area (Å²) in [5, 5.41) is 4.23. The molecule has 5 heteroatoms. The van der Waals surface area contributed by atoms with Crippen LogP contribution in [0.2, 0.25) is 5.02 Å². The van der Waals surface area contributed by atoms with Gasteiger partial charge in [-0.15, -0.1) is 0 Å². The summed E-state index contributed by atoms with van der Waals surface area (Å²) in [4.78, 5) is 2.35. The molecule has 0 radical (unpaired) electrons. The molecule has 1 fully saturated rings. The molecule has 2 unspecified atom stereocenters. The largest absolute Gasteiger partial charge is 0.374 e. The predicted molar refractivity (Wildman–Crippen MR) is 87.4 cm³/mol. The second-order valence-electron chi connectivity index (χ2n) is 5.20. The molecular weight excluding hydrogens is 340 g/mol. The molecule has 0 spiro atoms. The van der Waals surface area contributed by atoms with Crippen LogP contribution in [0.1, 0.15) is 24.9 Å². The van der Waals surface area contributed by atoms with Crippen molar-refractivity contribution in [3.63, 3.8) is 0 Å². The molecule has 1 aliphatic rings. The summed E-state index contributed by atoms with van der Waals surface area (Å²) in [6, 6.07) is 6.18. The van der Waals surface area contributed by atoms with E-state index in [4.69, 9.17) is 16.3 Å². The maximum atomic E-state index is 6.16. The molecule has 2 rings (SSSR count). The van der Waals surface area contributed by atoms with Gasteiger partial charge in [-0.25, -0.2) is 0 Å². The first-order chi connectivity index (χ1) is 9.63. The van der Waals surface area contributed by atoms with Gasteiger partial charge in [-0.1, -0.05) is 34.5 Å². The van der Waals surface area contributed by atoms with Crippen molar-refractivity contribution >= 4 is 27.5 Å². The second kappa shape index (κ2) is 7.76. The van der Waals surface area contributed by atoms with E-state index in [1.165, 1.54) is 5.56 Å². The molecule has 20 heavy (non-hydrogen) atoms. The van der Waals surface area contributed by atoms with Gasteiger partial charge in [0.2, 0.25) is 0 Å². The smallest absolute Gasteiger partial charge is 0.0896 e. The Morgan fingerprint density at radius 3 is 3.05 bits per heavy atom. The number of morpholine rings is 1. The van der Waals surface area contributed by atoms with Crippen LogP contribution in [0.25, 0.3) is 0 Å². The third-order valence-corrected chi connectivity index (χ3v) is 4.61. The van der Waals surface area contributed by atoms with Crippen molar-refractivity contribution in [3.05, 3.63) is 33.3 Å². The van der Waals surface area contributed by atoms with Gasteiger partial charge in [0, 0.05) is 22.6 Å². The van der Waals surface area contributed by atoms with Crippen molar-refractivity contribution in [1.82, 2.24) is 10.2 Å². The Morgan fingerprint density at radius 1 is 1.50 bits per heavy atom. The zero-order valence-corrected chi connectivity index (χ0v) is 14.4. The number of benzene rings is 1. The number of halogens is 2. The summed E-state index contributed by atoms with van der Waals surface area (Å²) < 4.78 is 7.08. The number of nitrogens with zero attached hydrogens (tertiary/aromatic N) is 1. The van der Waals surface area contributed by atoms with E-state index in [2.05, 4.69) is 40.1 Å². The first-order valence-corrected chi connectivity index (χ1v) is 8.28. The minimum absolute atomic E-state index is 0.148. The quantitative estimate of drug-likeness (QED) is 0.813. The van der Waals surface area contributed by atoms with Crippen molar-refractivity contribution in [3.8, 4) is 0 Å². The summed E-state index contributed by atoms with van der Waals surface area (Å²) in [7, 11) is 2.15. The number of rotatable bonds is 5. The van der Waals surface area contributed by atoms with Gasteiger partial charge in [-0.2, -0.15) is 0 Å². The van der Waals surface area contributed by atoms with E-state index in [1.54, 1.807) is 0 Å². The number of hydrogen-bond acceptors (Lipinski definition) is 3.